The Bertz CT molecular complexity index is 687. The van der Waals surface area contributed by atoms with Crippen molar-refractivity contribution in [1.29, 1.82) is 0 Å². The van der Waals surface area contributed by atoms with Crippen molar-refractivity contribution in [1.82, 2.24) is 4.90 Å². The lowest BCUT2D eigenvalue weighted by Gasteiger charge is -2.16. The second-order valence-corrected chi connectivity index (χ2v) is 7.96. The monoisotopic (exact) mass is 381 g/mol. The molecule has 7 nitrogen and oxygen atoms in total. The second-order valence-electron chi connectivity index (χ2n) is 5.91. The molecule has 1 aliphatic rings. The fourth-order valence-corrected chi connectivity index (χ4v) is 4.49. The van der Waals surface area contributed by atoms with Crippen LogP contribution in [0.1, 0.15) is 53.8 Å². The van der Waals surface area contributed by atoms with E-state index in [4.69, 9.17) is 9.05 Å². The molecule has 0 atom stereocenters. The quantitative estimate of drug-likeness (QED) is 0.332. The number of amides is 2. The molecule has 0 radical (unpaired) electrons. The van der Waals surface area contributed by atoms with Gasteiger partial charge in [0.2, 0.25) is 0 Å². The van der Waals surface area contributed by atoms with Gasteiger partial charge in [0, 0.05) is 13.0 Å². The Hall–Kier alpha value is -1.82. The van der Waals surface area contributed by atoms with Gasteiger partial charge in [0.15, 0.2) is 0 Å². The Labute approximate surface area is 153 Å². The molecule has 0 bridgehead atoms. The van der Waals surface area contributed by atoms with Crippen LogP contribution < -0.4 is 0 Å². The van der Waals surface area contributed by atoms with Gasteiger partial charge in [-0.05, 0) is 38.8 Å². The first-order valence-electron chi connectivity index (χ1n) is 8.77. The second kappa shape index (κ2) is 9.21. The van der Waals surface area contributed by atoms with Crippen LogP contribution in [0.3, 0.4) is 0 Å². The third kappa shape index (κ3) is 4.87. The van der Waals surface area contributed by atoms with Crippen LogP contribution in [-0.2, 0) is 18.4 Å². The minimum atomic E-state index is -3.37. The van der Waals surface area contributed by atoms with Crippen LogP contribution in [0, 0.1) is 0 Å². The van der Waals surface area contributed by atoms with Gasteiger partial charge in [-0.25, -0.2) is 0 Å². The zero-order valence-corrected chi connectivity index (χ0v) is 16.0. The fourth-order valence-electron chi connectivity index (χ4n) is 2.85. The van der Waals surface area contributed by atoms with Crippen molar-refractivity contribution in [3.8, 4) is 0 Å². The summed E-state index contributed by atoms with van der Waals surface area (Å²) in [7, 11) is -3.37. The zero-order valence-electron chi connectivity index (χ0n) is 15.1. The lowest BCUT2D eigenvalue weighted by molar-refractivity contribution is -0.117. The van der Waals surface area contributed by atoms with Gasteiger partial charge in [-0.1, -0.05) is 12.1 Å². The molecule has 8 heteroatoms. The summed E-state index contributed by atoms with van der Waals surface area (Å²) in [6, 6.07) is 6.72. The van der Waals surface area contributed by atoms with Crippen LogP contribution in [-0.4, -0.2) is 48.4 Å². The summed E-state index contributed by atoms with van der Waals surface area (Å²) >= 11 is 0. The zero-order chi connectivity index (χ0) is 19.2. The Kier molecular flexibility index (Phi) is 7.26. The molecule has 0 saturated carbocycles. The van der Waals surface area contributed by atoms with E-state index in [-0.39, 0.29) is 49.9 Å². The molecule has 26 heavy (non-hydrogen) atoms. The summed E-state index contributed by atoms with van der Waals surface area (Å²) in [6.45, 7) is 4.07. The topological polar surface area (TPSA) is 90.0 Å². The van der Waals surface area contributed by atoms with Crippen LogP contribution >= 0.6 is 7.60 Å². The maximum Gasteiger partial charge on any atom is 0.338 e. The van der Waals surface area contributed by atoms with Crippen LogP contribution in [0.15, 0.2) is 24.3 Å². The Balaban J connectivity index is 1.79. The maximum absolute atomic E-state index is 12.3. The third-order valence-corrected chi connectivity index (χ3v) is 6.03. The van der Waals surface area contributed by atoms with Crippen LogP contribution in [0.2, 0.25) is 0 Å². The number of rotatable bonds is 11. The summed E-state index contributed by atoms with van der Waals surface area (Å²) in [4.78, 5) is 37.7. The molecule has 0 unspecified atom stereocenters. The average Bonchev–Trinajstić information content (AvgIpc) is 2.84. The summed E-state index contributed by atoms with van der Waals surface area (Å²) in [5.74, 6) is -0.805. The first kappa shape index (κ1) is 20.5. The number of unbranched alkanes of at least 4 members (excludes halogenated alkanes) is 1. The van der Waals surface area contributed by atoms with Gasteiger partial charge in [0.05, 0.1) is 24.3 Å². The normalized spacial score (nSPS) is 14.0. The number of ketones is 1. The van der Waals surface area contributed by atoms with E-state index >= 15 is 0 Å². The number of hydrogen-bond acceptors (Lipinski definition) is 6. The van der Waals surface area contributed by atoms with Gasteiger partial charge >= 0.3 is 7.60 Å². The number of carbonyl (C=O) groups excluding carboxylic acids is 3. The number of fused-ring (bicyclic) bond motifs is 1. The summed E-state index contributed by atoms with van der Waals surface area (Å²) in [6.07, 6.45) is 0.949. The SMILES string of the molecule is CCOP(=O)(CC(=O)CCCCN1C(=O)c2ccccc2C1=O)OCC. The Morgan fingerprint density at radius 2 is 1.54 bits per heavy atom. The molecule has 142 valence electrons. The molecule has 0 aliphatic carbocycles. The van der Waals surface area contributed by atoms with E-state index in [2.05, 4.69) is 0 Å². The van der Waals surface area contributed by atoms with E-state index in [1.165, 1.54) is 4.90 Å². The number of benzene rings is 1. The van der Waals surface area contributed by atoms with Crippen LogP contribution in [0.25, 0.3) is 0 Å². The molecular formula is C18H24NO6P. The van der Waals surface area contributed by atoms with E-state index in [1.54, 1.807) is 38.1 Å². The molecule has 2 amide bonds. The molecule has 0 aromatic heterocycles. The van der Waals surface area contributed by atoms with Gasteiger partial charge in [0.1, 0.15) is 11.9 Å². The lowest BCUT2D eigenvalue weighted by Crippen LogP contribution is -2.30. The first-order chi connectivity index (χ1) is 12.4. The average molecular weight is 381 g/mol. The predicted molar refractivity (Wildman–Crippen MR) is 96.4 cm³/mol. The molecule has 1 aliphatic heterocycles. The maximum atomic E-state index is 12.3. The molecule has 1 heterocycles. The number of hydrogen-bond donors (Lipinski definition) is 0. The van der Waals surface area contributed by atoms with Gasteiger partial charge in [-0.3, -0.25) is 23.8 Å². The van der Waals surface area contributed by atoms with Crippen molar-refractivity contribution in [3.05, 3.63) is 35.4 Å². The van der Waals surface area contributed by atoms with Crippen molar-refractivity contribution in [3.63, 3.8) is 0 Å². The van der Waals surface area contributed by atoms with E-state index in [9.17, 15) is 18.9 Å². The highest BCUT2D eigenvalue weighted by atomic mass is 31.2. The number of nitrogens with zero attached hydrogens (tertiary/aromatic N) is 1. The minimum absolute atomic E-state index is 0.202. The van der Waals surface area contributed by atoms with E-state index < -0.39 is 7.60 Å². The van der Waals surface area contributed by atoms with Gasteiger partial charge in [-0.15, -0.1) is 0 Å². The van der Waals surface area contributed by atoms with Crippen molar-refractivity contribution in [2.75, 3.05) is 25.9 Å². The number of imide groups is 1. The van der Waals surface area contributed by atoms with Gasteiger partial charge in [-0.2, -0.15) is 0 Å². The number of Topliss-reactive ketones (excluding diaryl/α,β-unsaturated/α-hetero) is 1. The van der Waals surface area contributed by atoms with Gasteiger partial charge < -0.3 is 9.05 Å². The van der Waals surface area contributed by atoms with E-state index in [1.807, 2.05) is 0 Å². The smallest absolute Gasteiger partial charge is 0.309 e. The minimum Gasteiger partial charge on any atom is -0.309 e. The summed E-state index contributed by atoms with van der Waals surface area (Å²) in [5.41, 5.74) is 0.839. The van der Waals surface area contributed by atoms with E-state index in [0.717, 1.165) is 0 Å². The molecule has 0 N–H and O–H groups in total. The molecule has 1 aromatic carbocycles. The fraction of sp³-hybridized carbons (Fsp3) is 0.500. The van der Waals surface area contributed by atoms with Gasteiger partial charge in [0.25, 0.3) is 11.8 Å². The Morgan fingerprint density at radius 3 is 2.04 bits per heavy atom. The highest BCUT2D eigenvalue weighted by molar-refractivity contribution is 7.54. The highest BCUT2D eigenvalue weighted by Gasteiger charge is 2.34. The van der Waals surface area contributed by atoms with Crippen molar-refractivity contribution < 1.29 is 28.0 Å². The summed E-state index contributed by atoms with van der Waals surface area (Å²) in [5, 5.41) is 0. The molecule has 0 fully saturated rings. The largest absolute Gasteiger partial charge is 0.338 e. The molecule has 0 spiro atoms. The molecule has 1 aromatic rings. The first-order valence-corrected chi connectivity index (χ1v) is 10.5. The van der Waals surface area contributed by atoms with Crippen molar-refractivity contribution >= 4 is 25.2 Å². The van der Waals surface area contributed by atoms with Crippen LogP contribution in [0.5, 0.6) is 0 Å². The predicted octanol–water partition coefficient (Wildman–Crippen LogP) is 3.29. The van der Waals surface area contributed by atoms with Crippen LogP contribution in [0.4, 0.5) is 0 Å². The molecular weight excluding hydrogens is 357 g/mol. The van der Waals surface area contributed by atoms with Crippen molar-refractivity contribution in [2.24, 2.45) is 0 Å². The number of carbonyl (C=O) groups is 3. The molecule has 2 rings (SSSR count). The lowest BCUT2D eigenvalue weighted by atomic mass is 10.1. The standard InChI is InChI=1S/C18H24NO6P/c1-3-24-26(23,25-4-2)13-14(20)9-7-8-12-19-17(21)15-10-5-6-11-16(15)18(19)22/h5-6,10-11H,3-4,7-9,12-13H2,1-2H3. The summed E-state index contributed by atoms with van der Waals surface area (Å²) < 4.78 is 22.5. The molecule has 0 saturated heterocycles. The Morgan fingerprint density at radius 1 is 1.00 bits per heavy atom. The van der Waals surface area contributed by atoms with Crippen molar-refractivity contribution in [2.45, 2.75) is 33.1 Å². The third-order valence-electron chi connectivity index (χ3n) is 3.99. The highest BCUT2D eigenvalue weighted by Crippen LogP contribution is 2.48. The van der Waals surface area contributed by atoms with E-state index in [0.29, 0.717) is 24.0 Å².